The molecule has 0 radical (unpaired) electrons. The van der Waals surface area contributed by atoms with Gasteiger partial charge in [0.2, 0.25) is 0 Å². The summed E-state index contributed by atoms with van der Waals surface area (Å²) in [7, 11) is 1.66. The van der Waals surface area contributed by atoms with Gasteiger partial charge in [-0.1, -0.05) is 6.07 Å². The van der Waals surface area contributed by atoms with Crippen molar-refractivity contribution in [2.75, 3.05) is 7.11 Å². The summed E-state index contributed by atoms with van der Waals surface area (Å²) in [4.78, 5) is 0. The average molecular weight is 225 g/mol. The summed E-state index contributed by atoms with van der Waals surface area (Å²) < 4.78 is 18.5. The molecule has 16 heavy (non-hydrogen) atoms. The van der Waals surface area contributed by atoms with Crippen molar-refractivity contribution in [2.24, 2.45) is 5.73 Å². The standard InChI is InChI=1S/C13H20FNO/c1-9-5-10(7-11(14)6-9)12(15)8-13(2,3)16-4/h5-7,12H,8,15H2,1-4H3. The summed E-state index contributed by atoms with van der Waals surface area (Å²) in [5, 5.41) is 0. The fraction of sp³-hybridized carbons (Fsp3) is 0.538. The molecule has 0 saturated heterocycles. The highest BCUT2D eigenvalue weighted by atomic mass is 19.1. The van der Waals surface area contributed by atoms with Crippen LogP contribution >= 0.6 is 0 Å². The van der Waals surface area contributed by atoms with E-state index in [9.17, 15) is 4.39 Å². The molecule has 1 atom stereocenters. The highest BCUT2D eigenvalue weighted by Gasteiger charge is 2.21. The van der Waals surface area contributed by atoms with E-state index in [0.29, 0.717) is 6.42 Å². The van der Waals surface area contributed by atoms with Crippen molar-refractivity contribution in [1.82, 2.24) is 0 Å². The maximum absolute atomic E-state index is 13.2. The zero-order valence-electron chi connectivity index (χ0n) is 10.4. The van der Waals surface area contributed by atoms with Gasteiger partial charge in [-0.2, -0.15) is 0 Å². The van der Waals surface area contributed by atoms with Crippen LogP contribution in [0, 0.1) is 12.7 Å². The van der Waals surface area contributed by atoms with E-state index in [-0.39, 0.29) is 17.5 Å². The maximum atomic E-state index is 13.2. The normalized spacial score (nSPS) is 13.9. The summed E-state index contributed by atoms with van der Waals surface area (Å²) >= 11 is 0. The third kappa shape index (κ3) is 3.58. The largest absolute Gasteiger partial charge is 0.379 e. The van der Waals surface area contributed by atoms with Crippen LogP contribution in [0.2, 0.25) is 0 Å². The van der Waals surface area contributed by atoms with E-state index in [1.807, 2.05) is 26.8 Å². The van der Waals surface area contributed by atoms with Gasteiger partial charge < -0.3 is 10.5 Å². The van der Waals surface area contributed by atoms with E-state index in [1.165, 1.54) is 12.1 Å². The Morgan fingerprint density at radius 3 is 2.50 bits per heavy atom. The van der Waals surface area contributed by atoms with E-state index in [1.54, 1.807) is 7.11 Å². The van der Waals surface area contributed by atoms with E-state index >= 15 is 0 Å². The molecule has 0 aliphatic carbocycles. The SMILES string of the molecule is COC(C)(C)CC(N)c1cc(C)cc(F)c1. The first-order chi connectivity index (χ1) is 7.34. The average Bonchev–Trinajstić information content (AvgIpc) is 2.15. The monoisotopic (exact) mass is 225 g/mol. The van der Waals surface area contributed by atoms with Crippen LogP contribution in [0.3, 0.4) is 0 Å². The van der Waals surface area contributed by atoms with E-state index in [0.717, 1.165) is 11.1 Å². The van der Waals surface area contributed by atoms with Crippen molar-refractivity contribution in [1.29, 1.82) is 0 Å². The molecule has 1 unspecified atom stereocenters. The fourth-order valence-electron chi connectivity index (χ4n) is 1.71. The summed E-state index contributed by atoms with van der Waals surface area (Å²) in [5.74, 6) is -0.235. The number of rotatable bonds is 4. The number of benzene rings is 1. The zero-order valence-corrected chi connectivity index (χ0v) is 10.4. The van der Waals surface area contributed by atoms with Crippen molar-refractivity contribution >= 4 is 0 Å². The lowest BCUT2D eigenvalue weighted by Crippen LogP contribution is -2.28. The first-order valence-electron chi connectivity index (χ1n) is 5.42. The molecule has 1 rings (SSSR count). The number of methoxy groups -OCH3 is 1. The van der Waals surface area contributed by atoms with Gasteiger partial charge in [-0.05, 0) is 50.5 Å². The third-order valence-electron chi connectivity index (χ3n) is 2.76. The van der Waals surface area contributed by atoms with Gasteiger partial charge >= 0.3 is 0 Å². The van der Waals surface area contributed by atoms with Crippen molar-refractivity contribution < 1.29 is 9.13 Å². The number of aryl methyl sites for hydroxylation is 1. The maximum Gasteiger partial charge on any atom is 0.123 e. The lowest BCUT2D eigenvalue weighted by molar-refractivity contribution is 0.00993. The molecular weight excluding hydrogens is 205 g/mol. The molecule has 2 N–H and O–H groups in total. The lowest BCUT2D eigenvalue weighted by Gasteiger charge is -2.26. The zero-order chi connectivity index (χ0) is 12.3. The number of nitrogens with two attached hydrogens (primary N) is 1. The van der Waals surface area contributed by atoms with Crippen molar-refractivity contribution in [3.05, 3.63) is 35.1 Å². The molecule has 0 bridgehead atoms. The molecule has 0 fully saturated rings. The molecule has 0 spiro atoms. The van der Waals surface area contributed by atoms with Gasteiger partial charge in [0.15, 0.2) is 0 Å². The van der Waals surface area contributed by atoms with Crippen LogP contribution in [0.25, 0.3) is 0 Å². The minimum Gasteiger partial charge on any atom is -0.379 e. The molecule has 2 nitrogen and oxygen atoms in total. The van der Waals surface area contributed by atoms with Gasteiger partial charge in [0.1, 0.15) is 5.82 Å². The second-order valence-corrected chi connectivity index (χ2v) is 4.84. The van der Waals surface area contributed by atoms with Crippen LogP contribution in [-0.2, 0) is 4.74 Å². The van der Waals surface area contributed by atoms with Gasteiger partial charge in [-0.3, -0.25) is 0 Å². The Labute approximate surface area is 96.6 Å². The fourth-order valence-corrected chi connectivity index (χ4v) is 1.71. The van der Waals surface area contributed by atoms with E-state index < -0.39 is 0 Å². The summed E-state index contributed by atoms with van der Waals surface area (Å²) in [6.45, 7) is 5.80. The van der Waals surface area contributed by atoms with E-state index in [4.69, 9.17) is 10.5 Å². The predicted molar refractivity (Wildman–Crippen MR) is 63.8 cm³/mol. The van der Waals surface area contributed by atoms with Gasteiger partial charge in [0.25, 0.3) is 0 Å². The lowest BCUT2D eigenvalue weighted by atomic mass is 9.93. The molecule has 90 valence electrons. The van der Waals surface area contributed by atoms with Crippen molar-refractivity contribution in [3.63, 3.8) is 0 Å². The Morgan fingerprint density at radius 1 is 1.38 bits per heavy atom. The molecule has 0 aromatic heterocycles. The Bertz CT molecular complexity index is 343. The van der Waals surface area contributed by atoms with Crippen LogP contribution in [0.4, 0.5) is 4.39 Å². The van der Waals surface area contributed by atoms with Crippen molar-refractivity contribution in [2.45, 2.75) is 38.8 Å². The second-order valence-electron chi connectivity index (χ2n) is 4.84. The van der Waals surface area contributed by atoms with Crippen LogP contribution in [-0.4, -0.2) is 12.7 Å². The molecule has 0 aliphatic rings. The Hall–Kier alpha value is -0.930. The molecular formula is C13H20FNO. The van der Waals surface area contributed by atoms with Crippen LogP contribution in [0.5, 0.6) is 0 Å². The van der Waals surface area contributed by atoms with Gasteiger partial charge in [0, 0.05) is 13.2 Å². The molecule has 0 amide bonds. The summed E-state index contributed by atoms with van der Waals surface area (Å²) in [6.07, 6.45) is 0.659. The Balaban J connectivity index is 2.84. The molecule has 0 aliphatic heterocycles. The van der Waals surface area contributed by atoms with Crippen LogP contribution < -0.4 is 5.73 Å². The minimum absolute atomic E-state index is 0.204. The molecule has 0 heterocycles. The molecule has 3 heteroatoms. The number of hydrogen-bond donors (Lipinski definition) is 1. The number of halogens is 1. The molecule has 0 saturated carbocycles. The second kappa shape index (κ2) is 4.93. The first kappa shape index (κ1) is 13.1. The first-order valence-corrected chi connectivity index (χ1v) is 5.42. The van der Waals surface area contributed by atoms with Gasteiger partial charge in [-0.15, -0.1) is 0 Å². The smallest absolute Gasteiger partial charge is 0.123 e. The third-order valence-corrected chi connectivity index (χ3v) is 2.76. The van der Waals surface area contributed by atoms with Crippen LogP contribution in [0.1, 0.15) is 37.4 Å². The van der Waals surface area contributed by atoms with Gasteiger partial charge in [0.05, 0.1) is 5.60 Å². The number of hydrogen-bond acceptors (Lipinski definition) is 2. The highest BCUT2D eigenvalue weighted by Crippen LogP contribution is 2.25. The molecule has 1 aromatic rings. The minimum atomic E-state index is -0.292. The predicted octanol–water partition coefficient (Wildman–Crippen LogP) is 2.95. The topological polar surface area (TPSA) is 35.2 Å². The van der Waals surface area contributed by atoms with Gasteiger partial charge in [-0.25, -0.2) is 4.39 Å². The Kier molecular flexibility index (Phi) is 4.05. The number of ether oxygens (including phenoxy) is 1. The highest BCUT2D eigenvalue weighted by molar-refractivity contribution is 5.26. The summed E-state index contributed by atoms with van der Waals surface area (Å²) in [5.41, 5.74) is 7.47. The van der Waals surface area contributed by atoms with E-state index in [2.05, 4.69) is 0 Å². The summed E-state index contributed by atoms with van der Waals surface area (Å²) in [6, 6.07) is 4.70. The Morgan fingerprint density at radius 2 is 2.00 bits per heavy atom. The quantitative estimate of drug-likeness (QED) is 0.855. The van der Waals surface area contributed by atoms with Crippen molar-refractivity contribution in [3.8, 4) is 0 Å². The molecule has 1 aromatic carbocycles. The van der Waals surface area contributed by atoms with Crippen LogP contribution in [0.15, 0.2) is 18.2 Å².